The van der Waals surface area contributed by atoms with Crippen molar-refractivity contribution in [3.8, 4) is 6.01 Å². The molecule has 27 heavy (non-hydrogen) atoms. The van der Waals surface area contributed by atoms with Gasteiger partial charge in [-0.15, -0.1) is 0 Å². The second-order valence-electron chi connectivity index (χ2n) is 7.54. The van der Waals surface area contributed by atoms with E-state index in [-0.39, 0.29) is 5.60 Å². The molecule has 2 aliphatic heterocycles. The maximum Gasteiger partial charge on any atom is 0.316 e. The number of hydrogen-bond acceptors (Lipinski definition) is 8. The van der Waals surface area contributed by atoms with Gasteiger partial charge in [-0.2, -0.15) is 0 Å². The first-order valence-electron chi connectivity index (χ1n) is 9.42. The molecule has 0 bridgehead atoms. The van der Waals surface area contributed by atoms with E-state index in [2.05, 4.69) is 24.8 Å². The van der Waals surface area contributed by atoms with E-state index in [0.29, 0.717) is 18.5 Å². The molecule has 2 aliphatic rings. The molecule has 0 aliphatic carbocycles. The monoisotopic (exact) mass is 370 g/mol. The van der Waals surface area contributed by atoms with E-state index in [1.165, 1.54) is 0 Å². The van der Waals surface area contributed by atoms with E-state index in [1.807, 2.05) is 25.1 Å². The topological polar surface area (TPSA) is 76.5 Å². The van der Waals surface area contributed by atoms with Crippen LogP contribution in [0.4, 0.5) is 11.6 Å². The molecule has 0 amide bonds. The van der Waals surface area contributed by atoms with E-state index < -0.39 is 0 Å². The van der Waals surface area contributed by atoms with Crippen LogP contribution in [0.15, 0.2) is 30.9 Å². The zero-order chi connectivity index (χ0) is 18.7. The lowest BCUT2D eigenvalue weighted by atomic mass is 9.79. The summed E-state index contributed by atoms with van der Waals surface area (Å²) in [5, 5.41) is 0. The van der Waals surface area contributed by atoms with Gasteiger partial charge in [0.15, 0.2) is 0 Å². The quantitative estimate of drug-likeness (QED) is 0.762. The lowest BCUT2D eigenvalue weighted by Crippen LogP contribution is -2.65. The Morgan fingerprint density at radius 1 is 1.22 bits per heavy atom. The van der Waals surface area contributed by atoms with Gasteiger partial charge in [-0.25, -0.2) is 19.9 Å². The summed E-state index contributed by atoms with van der Waals surface area (Å²) in [5.41, 5.74) is -0.0462. The summed E-state index contributed by atoms with van der Waals surface area (Å²) in [5.74, 6) is 2.49. The fraction of sp³-hybridized carbons (Fsp3) is 0.579. The van der Waals surface area contributed by atoms with Crippen LogP contribution < -0.4 is 14.5 Å². The average Bonchev–Trinajstić information content (AvgIpc) is 2.67. The first kappa shape index (κ1) is 17.9. The number of aromatic nitrogens is 4. The zero-order valence-corrected chi connectivity index (χ0v) is 15.9. The molecule has 8 heteroatoms. The molecule has 2 fully saturated rings. The van der Waals surface area contributed by atoms with Gasteiger partial charge in [0, 0.05) is 39.2 Å². The molecule has 0 saturated carbocycles. The third-order valence-corrected chi connectivity index (χ3v) is 5.27. The third kappa shape index (κ3) is 4.10. The van der Waals surface area contributed by atoms with Gasteiger partial charge in [-0.3, -0.25) is 0 Å². The van der Waals surface area contributed by atoms with Crippen LogP contribution >= 0.6 is 0 Å². The Morgan fingerprint density at radius 3 is 2.81 bits per heavy atom. The Hall–Kier alpha value is -2.48. The van der Waals surface area contributed by atoms with Crippen LogP contribution in [0.25, 0.3) is 0 Å². The standard InChI is InChI=1S/C19H26N6O2/c1-24(2)16-10-17(23-14-22-16)25-12-19(13-25)11-15(5-9-27-19)4-8-26-18-20-6-3-7-21-18/h3,6-7,10,14-15H,4-5,8-9,11-13H2,1-2H3/t15-/m0/s1. The minimum absolute atomic E-state index is 0.0462. The zero-order valence-electron chi connectivity index (χ0n) is 15.9. The Labute approximate surface area is 159 Å². The van der Waals surface area contributed by atoms with E-state index in [4.69, 9.17) is 9.47 Å². The number of ether oxygens (including phenoxy) is 2. The highest BCUT2D eigenvalue weighted by molar-refractivity contribution is 5.52. The Balaban J connectivity index is 1.28. The largest absolute Gasteiger partial charge is 0.463 e. The van der Waals surface area contributed by atoms with Gasteiger partial charge >= 0.3 is 6.01 Å². The van der Waals surface area contributed by atoms with Crippen molar-refractivity contribution in [2.45, 2.75) is 24.9 Å². The van der Waals surface area contributed by atoms with Gasteiger partial charge in [0.05, 0.1) is 19.7 Å². The summed E-state index contributed by atoms with van der Waals surface area (Å²) in [6.07, 6.45) is 8.17. The van der Waals surface area contributed by atoms with Crippen molar-refractivity contribution in [3.05, 3.63) is 30.9 Å². The number of nitrogens with zero attached hydrogens (tertiary/aromatic N) is 6. The fourth-order valence-electron chi connectivity index (χ4n) is 3.84. The molecule has 144 valence electrons. The molecule has 0 unspecified atom stereocenters. The third-order valence-electron chi connectivity index (χ3n) is 5.27. The van der Waals surface area contributed by atoms with E-state index in [1.54, 1.807) is 24.8 Å². The molecule has 2 aromatic heterocycles. The number of rotatable bonds is 6. The summed E-state index contributed by atoms with van der Waals surface area (Å²) >= 11 is 0. The minimum atomic E-state index is -0.0462. The minimum Gasteiger partial charge on any atom is -0.463 e. The van der Waals surface area contributed by atoms with Crippen molar-refractivity contribution < 1.29 is 9.47 Å². The predicted octanol–water partition coefficient (Wildman–Crippen LogP) is 1.79. The van der Waals surface area contributed by atoms with E-state index >= 15 is 0 Å². The first-order chi connectivity index (χ1) is 13.1. The first-order valence-corrected chi connectivity index (χ1v) is 9.42. The SMILES string of the molecule is CN(C)c1cc(N2CC3(C[C@@H](CCOc4ncccn4)CCO3)C2)ncn1. The smallest absolute Gasteiger partial charge is 0.316 e. The second kappa shape index (κ2) is 7.64. The number of hydrogen-bond donors (Lipinski definition) is 0. The molecule has 4 heterocycles. The molecule has 4 rings (SSSR count). The van der Waals surface area contributed by atoms with Crippen LogP contribution in [0.5, 0.6) is 6.01 Å². The van der Waals surface area contributed by atoms with Gasteiger partial charge in [-0.05, 0) is 31.2 Å². The Kier molecular flexibility index (Phi) is 5.07. The van der Waals surface area contributed by atoms with Crippen LogP contribution in [-0.2, 0) is 4.74 Å². The summed E-state index contributed by atoms with van der Waals surface area (Å²) in [6.45, 7) is 3.23. The van der Waals surface area contributed by atoms with Crippen molar-refractivity contribution in [1.82, 2.24) is 19.9 Å². The lowest BCUT2D eigenvalue weighted by Gasteiger charge is -2.53. The summed E-state index contributed by atoms with van der Waals surface area (Å²) in [7, 11) is 3.97. The molecule has 2 saturated heterocycles. The van der Waals surface area contributed by atoms with Crippen LogP contribution in [0, 0.1) is 5.92 Å². The Morgan fingerprint density at radius 2 is 2.04 bits per heavy atom. The van der Waals surface area contributed by atoms with Gasteiger partial charge < -0.3 is 19.3 Å². The highest BCUT2D eigenvalue weighted by Crippen LogP contribution is 2.39. The maximum absolute atomic E-state index is 6.16. The van der Waals surface area contributed by atoms with Gasteiger partial charge in [0.25, 0.3) is 0 Å². The van der Waals surface area contributed by atoms with Crippen LogP contribution in [-0.4, -0.2) is 65.9 Å². The molecule has 2 aromatic rings. The Bertz CT molecular complexity index is 751. The molecular formula is C19H26N6O2. The second-order valence-corrected chi connectivity index (χ2v) is 7.54. The van der Waals surface area contributed by atoms with Gasteiger partial charge in [0.2, 0.25) is 0 Å². The van der Waals surface area contributed by atoms with Crippen molar-refractivity contribution in [2.75, 3.05) is 50.2 Å². The molecule has 0 N–H and O–H groups in total. The van der Waals surface area contributed by atoms with Gasteiger partial charge in [0.1, 0.15) is 23.6 Å². The number of anilines is 2. The van der Waals surface area contributed by atoms with Crippen molar-refractivity contribution in [1.29, 1.82) is 0 Å². The molecule has 1 spiro atoms. The van der Waals surface area contributed by atoms with E-state index in [0.717, 1.165) is 50.6 Å². The molecule has 0 aromatic carbocycles. The molecular weight excluding hydrogens is 344 g/mol. The summed E-state index contributed by atoms with van der Waals surface area (Å²) in [4.78, 5) is 21.2. The van der Waals surface area contributed by atoms with Crippen LogP contribution in [0.3, 0.4) is 0 Å². The molecule has 1 atom stereocenters. The normalized spacial score (nSPS) is 21.0. The lowest BCUT2D eigenvalue weighted by molar-refractivity contribution is -0.115. The highest BCUT2D eigenvalue weighted by Gasteiger charge is 2.48. The summed E-state index contributed by atoms with van der Waals surface area (Å²) < 4.78 is 11.8. The van der Waals surface area contributed by atoms with E-state index in [9.17, 15) is 0 Å². The molecule has 0 radical (unpaired) electrons. The average molecular weight is 370 g/mol. The van der Waals surface area contributed by atoms with Crippen LogP contribution in [0.1, 0.15) is 19.3 Å². The van der Waals surface area contributed by atoms with Gasteiger partial charge in [-0.1, -0.05) is 0 Å². The predicted molar refractivity (Wildman–Crippen MR) is 102 cm³/mol. The van der Waals surface area contributed by atoms with Crippen molar-refractivity contribution in [2.24, 2.45) is 5.92 Å². The van der Waals surface area contributed by atoms with Crippen LogP contribution in [0.2, 0.25) is 0 Å². The molecule has 8 nitrogen and oxygen atoms in total. The summed E-state index contributed by atoms with van der Waals surface area (Å²) in [6, 6.07) is 4.27. The highest BCUT2D eigenvalue weighted by atomic mass is 16.5. The van der Waals surface area contributed by atoms with Crippen molar-refractivity contribution in [3.63, 3.8) is 0 Å². The van der Waals surface area contributed by atoms with Crippen molar-refractivity contribution >= 4 is 11.6 Å². The maximum atomic E-state index is 6.16. The fourth-order valence-corrected chi connectivity index (χ4v) is 3.84.